The molecule has 0 radical (unpaired) electrons. The summed E-state index contributed by atoms with van der Waals surface area (Å²) in [6.45, 7) is 1.76. The molecule has 0 fully saturated rings. The number of methoxy groups -OCH3 is 1. The van der Waals surface area contributed by atoms with Crippen LogP contribution in [0.1, 0.15) is 11.1 Å². The lowest BCUT2D eigenvalue weighted by molar-refractivity contribution is -0.534. The van der Waals surface area contributed by atoms with Gasteiger partial charge in [-0.05, 0) is 36.8 Å². The molecule has 0 aliphatic rings. The van der Waals surface area contributed by atoms with Gasteiger partial charge in [0.15, 0.2) is 0 Å². The van der Waals surface area contributed by atoms with E-state index in [0.29, 0.717) is 5.56 Å². The number of nitrogens with zero attached hydrogens (tertiary/aromatic N) is 2. The summed E-state index contributed by atoms with van der Waals surface area (Å²) in [4.78, 5) is 10.2. The summed E-state index contributed by atoms with van der Waals surface area (Å²) < 4.78 is 38.2. The van der Waals surface area contributed by atoms with Gasteiger partial charge in [0, 0.05) is 5.56 Å². The maximum absolute atomic E-state index is 12.4. The van der Waals surface area contributed by atoms with Gasteiger partial charge >= 0.3 is 15.6 Å². The topological polar surface area (TPSA) is 108 Å². The van der Waals surface area contributed by atoms with Crippen molar-refractivity contribution in [3.63, 3.8) is 0 Å². The van der Waals surface area contributed by atoms with Gasteiger partial charge < -0.3 is 9.47 Å². The van der Waals surface area contributed by atoms with Crippen LogP contribution >= 0.6 is 11.6 Å². The highest BCUT2D eigenvalue weighted by Crippen LogP contribution is 2.27. The molecule has 0 aliphatic heterocycles. The number of sulfonamides is 1. The molecule has 2 aromatic carbocycles. The van der Waals surface area contributed by atoms with Crippen molar-refractivity contribution in [2.75, 3.05) is 7.11 Å². The fourth-order valence-electron chi connectivity index (χ4n) is 1.97. The molecule has 0 amide bonds. The Balaban J connectivity index is 2.41. The van der Waals surface area contributed by atoms with Crippen LogP contribution in [0.5, 0.6) is 5.75 Å². The van der Waals surface area contributed by atoms with E-state index in [1.165, 1.54) is 19.2 Å². The highest BCUT2D eigenvalue weighted by atomic mass is 35.5. The number of rotatable bonds is 6. The molecule has 0 saturated heterocycles. The van der Waals surface area contributed by atoms with Crippen LogP contribution in [-0.4, -0.2) is 31.9 Å². The summed E-state index contributed by atoms with van der Waals surface area (Å²) in [5, 5.41) is 11.3. The Bertz CT molecular complexity index is 931. The van der Waals surface area contributed by atoms with Crippen LogP contribution in [0, 0.1) is 17.0 Å². The van der Waals surface area contributed by atoms with Crippen molar-refractivity contribution in [3.05, 3.63) is 74.8 Å². The van der Waals surface area contributed by atoms with Gasteiger partial charge in [-0.1, -0.05) is 35.9 Å². The average molecular weight is 399 g/mol. The number of nitro groups is 1. The maximum Gasteiger partial charge on any atom is 0.476 e. The van der Waals surface area contributed by atoms with Gasteiger partial charge in [0.05, 0.1) is 17.1 Å². The Morgan fingerprint density at radius 3 is 2.42 bits per heavy atom. The average Bonchev–Trinajstić information content (AvgIpc) is 2.59. The number of aryl methyl sites for hydroxylation is 1. The zero-order chi connectivity index (χ0) is 19.3. The molecule has 138 valence electrons. The molecule has 0 spiro atoms. The molecule has 10 heteroatoms. The molecule has 1 unspecified atom stereocenters. The minimum atomic E-state index is -4.72. The van der Waals surface area contributed by atoms with Crippen molar-refractivity contribution in [1.29, 1.82) is 0 Å². The molecular formula is C16H15ClN2O6S. The second kappa shape index (κ2) is 8.15. The van der Waals surface area contributed by atoms with E-state index in [4.69, 9.17) is 21.1 Å². The van der Waals surface area contributed by atoms with E-state index in [1.807, 2.05) is 0 Å². The molecule has 2 rings (SSSR count). The second-order valence-corrected chi connectivity index (χ2v) is 7.15. The van der Waals surface area contributed by atoms with Gasteiger partial charge in [0.2, 0.25) is 5.90 Å². The fourth-order valence-corrected chi connectivity index (χ4v) is 3.20. The number of hydrogen-bond acceptors (Lipinski definition) is 6. The van der Waals surface area contributed by atoms with Crippen LogP contribution in [0.3, 0.4) is 0 Å². The van der Waals surface area contributed by atoms with E-state index in [1.54, 1.807) is 43.3 Å². The lowest BCUT2D eigenvalue weighted by atomic mass is 10.2. The van der Waals surface area contributed by atoms with Crippen molar-refractivity contribution in [2.45, 2.75) is 12.5 Å². The Hall–Kier alpha value is -2.65. The minimum Gasteiger partial charge on any atom is -0.480 e. The van der Waals surface area contributed by atoms with Crippen LogP contribution < -0.4 is 4.74 Å². The lowest BCUT2D eigenvalue weighted by Gasteiger charge is -2.12. The predicted molar refractivity (Wildman–Crippen MR) is 96.5 cm³/mol. The summed E-state index contributed by atoms with van der Waals surface area (Å²) in [7, 11) is -3.51. The van der Waals surface area contributed by atoms with Crippen molar-refractivity contribution < 1.29 is 22.8 Å². The molecule has 1 atom stereocenters. The number of benzene rings is 2. The van der Waals surface area contributed by atoms with Crippen LogP contribution in [0.25, 0.3) is 0 Å². The van der Waals surface area contributed by atoms with E-state index < -0.39 is 20.5 Å². The third-order valence-electron chi connectivity index (χ3n) is 3.17. The third kappa shape index (κ3) is 4.70. The molecule has 0 aromatic heterocycles. The molecule has 0 bridgehead atoms. The van der Waals surface area contributed by atoms with Gasteiger partial charge in [-0.25, -0.2) is 0 Å². The Labute approximate surface area is 155 Å². The zero-order valence-corrected chi connectivity index (χ0v) is 15.4. The first-order valence-corrected chi connectivity index (χ1v) is 9.12. The highest BCUT2D eigenvalue weighted by Gasteiger charge is 2.40. The monoisotopic (exact) mass is 398 g/mol. The van der Waals surface area contributed by atoms with E-state index in [0.717, 1.165) is 5.56 Å². The van der Waals surface area contributed by atoms with Crippen molar-refractivity contribution >= 4 is 27.5 Å². The standard InChI is InChI=1S/C16H15ClN2O6S/c1-11-8-9-14(13(17)10-11)25-16(19(20)21)26(22,23)18-15(24-2)12-6-4-3-5-7-12/h3-10,16H,1-2H3/b18-15-. The number of hydrogen-bond donors (Lipinski definition) is 0. The Morgan fingerprint density at radius 1 is 1.23 bits per heavy atom. The van der Waals surface area contributed by atoms with Crippen molar-refractivity contribution in [2.24, 2.45) is 4.40 Å². The molecule has 0 saturated carbocycles. The molecule has 26 heavy (non-hydrogen) atoms. The van der Waals surface area contributed by atoms with Crippen LogP contribution in [0.4, 0.5) is 0 Å². The molecule has 8 nitrogen and oxygen atoms in total. The smallest absolute Gasteiger partial charge is 0.476 e. The summed E-state index contributed by atoms with van der Waals surface area (Å²) in [6.07, 6.45) is 0. The summed E-state index contributed by atoms with van der Waals surface area (Å²) in [6, 6.07) is 12.5. The highest BCUT2D eigenvalue weighted by molar-refractivity contribution is 7.90. The predicted octanol–water partition coefficient (Wildman–Crippen LogP) is 3.01. The first kappa shape index (κ1) is 19.7. The van der Waals surface area contributed by atoms with Crippen molar-refractivity contribution in [3.8, 4) is 5.75 Å². The minimum absolute atomic E-state index is 0.0473. The molecule has 0 N–H and O–H groups in total. The van der Waals surface area contributed by atoms with Crippen molar-refractivity contribution in [1.82, 2.24) is 0 Å². The van der Waals surface area contributed by atoms with E-state index in [9.17, 15) is 18.5 Å². The summed E-state index contributed by atoms with van der Waals surface area (Å²) >= 11 is 5.95. The first-order valence-electron chi connectivity index (χ1n) is 7.24. The Morgan fingerprint density at radius 2 is 1.88 bits per heavy atom. The van der Waals surface area contributed by atoms with Crippen LogP contribution in [0.2, 0.25) is 5.02 Å². The van der Waals surface area contributed by atoms with Gasteiger partial charge in [0.1, 0.15) is 5.75 Å². The maximum atomic E-state index is 12.4. The van der Waals surface area contributed by atoms with Crippen LogP contribution in [0.15, 0.2) is 52.9 Å². The van der Waals surface area contributed by atoms with Gasteiger partial charge in [-0.2, -0.15) is 8.42 Å². The van der Waals surface area contributed by atoms with E-state index >= 15 is 0 Å². The van der Waals surface area contributed by atoms with Gasteiger partial charge in [0.25, 0.3) is 0 Å². The summed E-state index contributed by atoms with van der Waals surface area (Å²) in [5.74, 6) is -0.438. The second-order valence-electron chi connectivity index (χ2n) is 5.13. The largest absolute Gasteiger partial charge is 0.480 e. The van der Waals surface area contributed by atoms with Gasteiger partial charge in [-0.3, -0.25) is 10.1 Å². The number of ether oxygens (including phenoxy) is 2. The molecule has 2 aromatic rings. The third-order valence-corrected chi connectivity index (χ3v) is 4.66. The van der Waals surface area contributed by atoms with E-state index in [-0.39, 0.29) is 16.7 Å². The molecule has 0 aliphatic carbocycles. The van der Waals surface area contributed by atoms with Crippen LogP contribution in [-0.2, 0) is 14.8 Å². The first-order chi connectivity index (χ1) is 12.2. The SMILES string of the molecule is CO/C(=N\S(=O)(=O)C(Oc1ccc(C)cc1Cl)[N+](=O)[O-])c1ccccc1. The van der Waals surface area contributed by atoms with E-state index in [2.05, 4.69) is 4.40 Å². The normalized spacial score (nSPS) is 13.1. The lowest BCUT2D eigenvalue weighted by Crippen LogP contribution is -2.35. The molecule has 0 heterocycles. The molecular weight excluding hydrogens is 384 g/mol. The number of halogens is 1. The quantitative estimate of drug-likeness (QED) is 0.243. The van der Waals surface area contributed by atoms with Gasteiger partial charge in [-0.15, -0.1) is 4.40 Å². The Kier molecular flexibility index (Phi) is 6.17. The fraction of sp³-hybridized carbons (Fsp3) is 0.188. The zero-order valence-electron chi connectivity index (χ0n) is 13.8. The summed E-state index contributed by atoms with van der Waals surface area (Å²) in [5.41, 5.74) is -1.35.